The highest BCUT2D eigenvalue weighted by atomic mass is 19.1. The molecule has 114 valence electrons. The van der Waals surface area contributed by atoms with Gasteiger partial charge in [-0.05, 0) is 18.2 Å². The molecule has 0 radical (unpaired) electrons. The van der Waals surface area contributed by atoms with Gasteiger partial charge in [0.1, 0.15) is 11.6 Å². The summed E-state index contributed by atoms with van der Waals surface area (Å²) < 4.78 is 30.9. The third kappa shape index (κ3) is 3.98. The Labute approximate surface area is 122 Å². The van der Waals surface area contributed by atoms with E-state index in [2.05, 4.69) is 15.0 Å². The first-order valence-corrected chi connectivity index (χ1v) is 6.06. The number of pyridine rings is 1. The summed E-state index contributed by atoms with van der Waals surface area (Å²) in [5.74, 6) is -3.21. The lowest BCUT2D eigenvalue weighted by Crippen LogP contribution is -2.22. The first-order valence-electron chi connectivity index (χ1n) is 6.06. The zero-order valence-electron chi connectivity index (χ0n) is 11.1. The van der Waals surface area contributed by atoms with Gasteiger partial charge in [-0.15, -0.1) is 0 Å². The largest absolute Gasteiger partial charge is 0.452 e. The fraction of sp³-hybridized carbons (Fsp3) is 0.0714. The molecule has 2 rings (SSSR count). The second-order valence-electron chi connectivity index (χ2n) is 4.19. The van der Waals surface area contributed by atoms with Crippen LogP contribution >= 0.6 is 0 Å². The van der Waals surface area contributed by atoms with E-state index in [1.807, 2.05) is 0 Å². The average Bonchev–Trinajstić information content (AvgIpc) is 2.49. The Balaban J connectivity index is 1.92. The maximum atomic E-state index is 13.3. The monoisotopic (exact) mass is 308 g/mol. The zero-order valence-corrected chi connectivity index (χ0v) is 11.1. The van der Waals surface area contributed by atoms with Crippen LogP contribution < -0.4 is 10.9 Å². The number of hydrogen-bond donors (Lipinski definition) is 2. The molecule has 0 saturated carbocycles. The van der Waals surface area contributed by atoms with Crippen LogP contribution in [0.25, 0.3) is 0 Å². The Bertz CT molecular complexity index is 753. The second-order valence-corrected chi connectivity index (χ2v) is 4.19. The number of aromatic amines is 1. The summed E-state index contributed by atoms with van der Waals surface area (Å²) in [4.78, 5) is 36.2. The molecular formula is C14H10F2N2O4. The third-order valence-electron chi connectivity index (χ3n) is 2.56. The number of amides is 1. The highest BCUT2D eigenvalue weighted by molar-refractivity contribution is 5.95. The predicted octanol–water partition coefficient (Wildman–Crippen LogP) is 1.45. The summed E-state index contributed by atoms with van der Waals surface area (Å²) in [6, 6.07) is 4.92. The molecule has 0 spiro atoms. The van der Waals surface area contributed by atoms with E-state index in [9.17, 15) is 23.2 Å². The van der Waals surface area contributed by atoms with E-state index in [0.717, 1.165) is 30.5 Å². The molecule has 0 atom stereocenters. The van der Waals surface area contributed by atoms with Crippen LogP contribution in [0.2, 0.25) is 0 Å². The molecule has 0 aliphatic carbocycles. The van der Waals surface area contributed by atoms with Crippen molar-refractivity contribution in [3.05, 3.63) is 64.1 Å². The number of nitrogens with one attached hydrogen (secondary N) is 2. The molecule has 0 saturated heterocycles. The summed E-state index contributed by atoms with van der Waals surface area (Å²) >= 11 is 0. The summed E-state index contributed by atoms with van der Waals surface area (Å²) in [6.45, 7) is -0.687. The number of ether oxygens (including phenoxy) is 1. The number of carbonyl (C=O) groups is 2. The summed E-state index contributed by atoms with van der Waals surface area (Å²) in [5, 5.41) is 2.08. The van der Waals surface area contributed by atoms with E-state index in [1.165, 1.54) is 6.07 Å². The molecule has 0 aliphatic heterocycles. The van der Waals surface area contributed by atoms with Crippen LogP contribution in [0.5, 0.6) is 0 Å². The fourth-order valence-corrected chi connectivity index (χ4v) is 1.53. The lowest BCUT2D eigenvalue weighted by molar-refractivity contribution is -0.119. The highest BCUT2D eigenvalue weighted by Crippen LogP contribution is 2.15. The number of anilines is 1. The van der Waals surface area contributed by atoms with E-state index in [-0.39, 0.29) is 11.3 Å². The van der Waals surface area contributed by atoms with E-state index < -0.39 is 35.7 Å². The Morgan fingerprint density at radius 2 is 1.95 bits per heavy atom. The van der Waals surface area contributed by atoms with Crippen molar-refractivity contribution >= 4 is 17.6 Å². The number of halogens is 2. The highest BCUT2D eigenvalue weighted by Gasteiger charge is 2.12. The van der Waals surface area contributed by atoms with Gasteiger partial charge in [-0.3, -0.25) is 9.59 Å². The Kier molecular flexibility index (Phi) is 4.62. The van der Waals surface area contributed by atoms with E-state index in [1.54, 1.807) is 0 Å². The minimum Gasteiger partial charge on any atom is -0.452 e. The van der Waals surface area contributed by atoms with Gasteiger partial charge in [0.2, 0.25) is 5.56 Å². The lowest BCUT2D eigenvalue weighted by Gasteiger charge is -2.07. The number of esters is 1. The van der Waals surface area contributed by atoms with Crippen LogP contribution in [0.1, 0.15) is 10.4 Å². The molecule has 6 nitrogen and oxygen atoms in total. The van der Waals surface area contributed by atoms with Crippen molar-refractivity contribution in [3.63, 3.8) is 0 Å². The number of benzene rings is 1. The van der Waals surface area contributed by atoms with Crippen molar-refractivity contribution in [1.29, 1.82) is 0 Å². The molecule has 0 bridgehead atoms. The second kappa shape index (κ2) is 6.61. The third-order valence-corrected chi connectivity index (χ3v) is 2.56. The number of H-pyrrole nitrogens is 1. The minimum absolute atomic E-state index is 0.0457. The van der Waals surface area contributed by atoms with Gasteiger partial charge >= 0.3 is 5.97 Å². The number of carbonyl (C=O) groups excluding carboxylic acids is 2. The van der Waals surface area contributed by atoms with Crippen LogP contribution in [-0.4, -0.2) is 23.5 Å². The molecule has 2 N–H and O–H groups in total. The van der Waals surface area contributed by atoms with Crippen molar-refractivity contribution in [2.45, 2.75) is 0 Å². The first-order chi connectivity index (χ1) is 10.5. The number of aromatic nitrogens is 1. The van der Waals surface area contributed by atoms with Crippen molar-refractivity contribution < 1.29 is 23.1 Å². The van der Waals surface area contributed by atoms with Crippen LogP contribution in [0.15, 0.2) is 41.3 Å². The van der Waals surface area contributed by atoms with Gasteiger partial charge in [0.15, 0.2) is 6.61 Å². The zero-order chi connectivity index (χ0) is 16.1. The van der Waals surface area contributed by atoms with Gasteiger partial charge in [0.05, 0.1) is 11.3 Å². The van der Waals surface area contributed by atoms with Gasteiger partial charge in [-0.1, -0.05) is 0 Å². The standard InChI is InChI=1S/C14H10F2N2O4/c15-9-2-3-10(16)11(5-9)18-13(20)7-22-14(21)8-1-4-12(19)17-6-8/h1-6H,7H2,(H,17,19)(H,18,20). The van der Waals surface area contributed by atoms with Gasteiger partial charge in [0, 0.05) is 18.3 Å². The molecule has 1 aromatic carbocycles. The molecule has 0 aliphatic rings. The Morgan fingerprint density at radius 1 is 1.18 bits per heavy atom. The topological polar surface area (TPSA) is 88.3 Å². The molecular weight excluding hydrogens is 298 g/mol. The average molecular weight is 308 g/mol. The van der Waals surface area contributed by atoms with Gasteiger partial charge < -0.3 is 15.0 Å². The molecule has 22 heavy (non-hydrogen) atoms. The van der Waals surface area contributed by atoms with Crippen LogP contribution in [-0.2, 0) is 9.53 Å². The lowest BCUT2D eigenvalue weighted by atomic mass is 10.3. The van der Waals surface area contributed by atoms with E-state index >= 15 is 0 Å². The summed E-state index contributed by atoms with van der Waals surface area (Å²) in [6.07, 6.45) is 1.13. The van der Waals surface area contributed by atoms with Crippen molar-refractivity contribution in [2.75, 3.05) is 11.9 Å². The van der Waals surface area contributed by atoms with Crippen LogP contribution in [0.4, 0.5) is 14.5 Å². The quantitative estimate of drug-likeness (QED) is 0.837. The molecule has 0 unspecified atom stereocenters. The maximum absolute atomic E-state index is 13.3. The van der Waals surface area contributed by atoms with E-state index in [4.69, 9.17) is 0 Å². The van der Waals surface area contributed by atoms with Gasteiger partial charge in [-0.25, -0.2) is 13.6 Å². The number of hydrogen-bond acceptors (Lipinski definition) is 4. The normalized spacial score (nSPS) is 10.1. The first kappa shape index (κ1) is 15.4. The molecule has 8 heteroatoms. The molecule has 0 fully saturated rings. The van der Waals surface area contributed by atoms with Crippen LogP contribution in [0.3, 0.4) is 0 Å². The van der Waals surface area contributed by atoms with Crippen molar-refractivity contribution in [2.24, 2.45) is 0 Å². The molecule has 1 heterocycles. The predicted molar refractivity (Wildman–Crippen MR) is 72.3 cm³/mol. The smallest absolute Gasteiger partial charge is 0.340 e. The van der Waals surface area contributed by atoms with E-state index in [0.29, 0.717) is 0 Å². The van der Waals surface area contributed by atoms with Crippen LogP contribution in [0, 0.1) is 11.6 Å². The minimum atomic E-state index is -0.842. The molecule has 1 amide bonds. The van der Waals surface area contributed by atoms with Gasteiger partial charge in [-0.2, -0.15) is 0 Å². The van der Waals surface area contributed by atoms with Gasteiger partial charge in [0.25, 0.3) is 5.91 Å². The summed E-state index contributed by atoms with van der Waals surface area (Å²) in [7, 11) is 0. The Morgan fingerprint density at radius 3 is 2.64 bits per heavy atom. The number of rotatable bonds is 4. The Hall–Kier alpha value is -3.03. The molecule has 1 aromatic heterocycles. The summed E-state index contributed by atoms with van der Waals surface area (Å²) in [5.41, 5.74) is -0.703. The molecule has 2 aromatic rings. The SMILES string of the molecule is O=C(COC(=O)c1ccc(=O)[nH]c1)Nc1cc(F)ccc1F. The van der Waals surface area contributed by atoms with Crippen molar-refractivity contribution in [1.82, 2.24) is 4.98 Å². The fourth-order valence-electron chi connectivity index (χ4n) is 1.53. The maximum Gasteiger partial charge on any atom is 0.340 e. The van der Waals surface area contributed by atoms with Crippen molar-refractivity contribution in [3.8, 4) is 0 Å².